The molecule has 4 atom stereocenters. The molecule has 24 heavy (non-hydrogen) atoms. The van der Waals surface area contributed by atoms with Crippen LogP contribution in [0.1, 0.15) is 27.7 Å². The van der Waals surface area contributed by atoms with Crippen LogP contribution in [-0.4, -0.2) is 59.9 Å². The average Bonchev–Trinajstić information content (AvgIpc) is 2.45. The molecule has 0 spiro atoms. The molecule has 0 unspecified atom stereocenters. The molecule has 0 rings (SSSR count). The molecule has 0 aromatic rings. The predicted octanol–water partition coefficient (Wildman–Crippen LogP) is 0.307. The molecule has 0 aliphatic rings. The Balaban J connectivity index is 5.79. The second kappa shape index (κ2) is 10.7. The highest BCUT2D eigenvalue weighted by atomic mass is 79.9. The molecule has 0 heterocycles. The summed E-state index contributed by atoms with van der Waals surface area (Å²) in [7, 11) is 0. The maximum atomic E-state index is 11.4. The molecular formula is C14H19BrO9. The molecule has 9 nitrogen and oxygen atoms in total. The lowest BCUT2D eigenvalue weighted by Gasteiger charge is -2.33. The maximum Gasteiger partial charge on any atom is 0.303 e. The Hall–Kier alpha value is -1.97. The van der Waals surface area contributed by atoms with Crippen molar-refractivity contribution in [3.8, 4) is 0 Å². The lowest BCUT2D eigenvalue weighted by Crippen LogP contribution is -2.52. The van der Waals surface area contributed by atoms with Gasteiger partial charge in [0, 0.05) is 33.0 Å². The minimum atomic E-state index is -1.55. The van der Waals surface area contributed by atoms with E-state index in [4.69, 9.17) is 18.9 Å². The quantitative estimate of drug-likeness (QED) is 0.228. The highest BCUT2D eigenvalue weighted by molar-refractivity contribution is 9.09. The van der Waals surface area contributed by atoms with Crippen molar-refractivity contribution >= 4 is 46.1 Å². The standard InChI is InChI=1S/C14H19BrO9/c1-7(17)21-11(5-15)13(23-9(3)19)14(24-10(4)20)12(6-16)22-8(2)18/h6,11-14H,5H2,1-4H3/t11-,12+,13+,14-/m0/s1. The van der Waals surface area contributed by atoms with Crippen LogP contribution in [0, 0.1) is 0 Å². The van der Waals surface area contributed by atoms with Crippen molar-refractivity contribution in [2.75, 3.05) is 5.33 Å². The number of halogens is 1. The molecule has 136 valence electrons. The van der Waals surface area contributed by atoms with Crippen molar-refractivity contribution < 1.29 is 42.9 Å². The highest BCUT2D eigenvalue weighted by Crippen LogP contribution is 2.20. The van der Waals surface area contributed by atoms with Gasteiger partial charge in [-0.15, -0.1) is 0 Å². The van der Waals surface area contributed by atoms with Crippen LogP contribution in [0.4, 0.5) is 0 Å². The second-order valence-corrected chi connectivity index (χ2v) is 5.31. The molecular weight excluding hydrogens is 392 g/mol. The van der Waals surface area contributed by atoms with E-state index in [1.165, 1.54) is 0 Å². The van der Waals surface area contributed by atoms with Gasteiger partial charge in [0.2, 0.25) is 0 Å². The number of alkyl halides is 1. The second-order valence-electron chi connectivity index (χ2n) is 4.66. The van der Waals surface area contributed by atoms with E-state index in [-0.39, 0.29) is 11.6 Å². The molecule has 0 aromatic heterocycles. The van der Waals surface area contributed by atoms with E-state index < -0.39 is 48.3 Å². The van der Waals surface area contributed by atoms with Crippen LogP contribution in [0.5, 0.6) is 0 Å². The molecule has 0 radical (unpaired) electrons. The first-order valence-electron chi connectivity index (χ1n) is 6.82. The minimum Gasteiger partial charge on any atom is -0.458 e. The fourth-order valence-electron chi connectivity index (χ4n) is 1.82. The molecule has 0 aliphatic heterocycles. The van der Waals surface area contributed by atoms with Gasteiger partial charge in [-0.3, -0.25) is 24.0 Å². The third-order valence-corrected chi connectivity index (χ3v) is 3.16. The largest absolute Gasteiger partial charge is 0.458 e. The zero-order valence-electron chi connectivity index (χ0n) is 13.6. The number of esters is 4. The monoisotopic (exact) mass is 410 g/mol. The van der Waals surface area contributed by atoms with Gasteiger partial charge in [-0.2, -0.15) is 0 Å². The van der Waals surface area contributed by atoms with E-state index in [0.717, 1.165) is 27.7 Å². The van der Waals surface area contributed by atoms with E-state index >= 15 is 0 Å². The third-order valence-electron chi connectivity index (χ3n) is 2.52. The summed E-state index contributed by atoms with van der Waals surface area (Å²) in [4.78, 5) is 56.3. The molecule has 0 fully saturated rings. The fourth-order valence-corrected chi connectivity index (χ4v) is 2.32. The molecule has 0 bridgehead atoms. The number of carbonyl (C=O) groups is 5. The van der Waals surface area contributed by atoms with Crippen molar-refractivity contribution in [2.24, 2.45) is 0 Å². The summed E-state index contributed by atoms with van der Waals surface area (Å²) < 4.78 is 19.9. The summed E-state index contributed by atoms with van der Waals surface area (Å²) in [5.41, 5.74) is 0. The lowest BCUT2D eigenvalue weighted by atomic mass is 10.0. The summed E-state index contributed by atoms with van der Waals surface area (Å²) in [5.74, 6) is -3.09. The normalized spacial score (nSPS) is 15.2. The van der Waals surface area contributed by atoms with Gasteiger partial charge < -0.3 is 18.9 Å². The molecule has 0 N–H and O–H groups in total. The topological polar surface area (TPSA) is 122 Å². The van der Waals surface area contributed by atoms with Crippen molar-refractivity contribution in [2.45, 2.75) is 52.1 Å². The van der Waals surface area contributed by atoms with Crippen molar-refractivity contribution in [1.29, 1.82) is 0 Å². The average molecular weight is 411 g/mol. The molecule has 0 aromatic carbocycles. The maximum absolute atomic E-state index is 11.4. The Morgan fingerprint density at radius 2 is 1.21 bits per heavy atom. The molecule has 0 aliphatic carbocycles. The number of aldehydes is 1. The summed E-state index contributed by atoms with van der Waals surface area (Å²) in [5, 5.41) is 0.00788. The Bertz CT molecular complexity index is 491. The predicted molar refractivity (Wildman–Crippen MR) is 82.1 cm³/mol. The number of rotatable bonds is 9. The van der Waals surface area contributed by atoms with Crippen LogP contribution >= 0.6 is 15.9 Å². The highest BCUT2D eigenvalue weighted by Gasteiger charge is 2.42. The van der Waals surface area contributed by atoms with Gasteiger partial charge in [-0.1, -0.05) is 15.9 Å². The van der Waals surface area contributed by atoms with E-state index in [1.807, 2.05) is 0 Å². The SMILES string of the molecule is CC(=O)O[C@H]([C@H](OC(C)=O)[C@H](CBr)OC(C)=O)[C@@H](C=O)OC(C)=O. The first kappa shape index (κ1) is 22.0. The number of carbonyl (C=O) groups excluding carboxylic acids is 5. The van der Waals surface area contributed by atoms with Gasteiger partial charge in [-0.25, -0.2) is 0 Å². The van der Waals surface area contributed by atoms with Crippen LogP contribution < -0.4 is 0 Å². The number of hydrogen-bond donors (Lipinski definition) is 0. The Morgan fingerprint density at radius 3 is 1.54 bits per heavy atom. The van der Waals surface area contributed by atoms with Gasteiger partial charge >= 0.3 is 23.9 Å². The lowest BCUT2D eigenvalue weighted by molar-refractivity contribution is -0.195. The summed E-state index contributed by atoms with van der Waals surface area (Å²) in [6, 6.07) is 0. The van der Waals surface area contributed by atoms with Crippen molar-refractivity contribution in [1.82, 2.24) is 0 Å². The molecule has 0 saturated carbocycles. The van der Waals surface area contributed by atoms with Crippen LogP contribution in [0.25, 0.3) is 0 Å². The van der Waals surface area contributed by atoms with Gasteiger partial charge in [0.15, 0.2) is 30.7 Å². The van der Waals surface area contributed by atoms with Gasteiger partial charge in [0.25, 0.3) is 0 Å². The summed E-state index contributed by atoms with van der Waals surface area (Å²) in [6.45, 7) is 4.32. The van der Waals surface area contributed by atoms with Crippen LogP contribution in [0.2, 0.25) is 0 Å². The van der Waals surface area contributed by atoms with E-state index in [9.17, 15) is 24.0 Å². The van der Waals surface area contributed by atoms with E-state index in [0.29, 0.717) is 0 Å². The molecule has 0 saturated heterocycles. The van der Waals surface area contributed by atoms with Crippen LogP contribution in [0.3, 0.4) is 0 Å². The molecule has 10 heteroatoms. The fraction of sp³-hybridized carbons (Fsp3) is 0.643. The summed E-state index contributed by atoms with van der Waals surface area (Å²) in [6.07, 6.45) is -5.27. The van der Waals surface area contributed by atoms with Crippen molar-refractivity contribution in [3.63, 3.8) is 0 Å². The zero-order valence-corrected chi connectivity index (χ0v) is 15.2. The Morgan fingerprint density at radius 1 is 0.792 bits per heavy atom. The third kappa shape index (κ3) is 8.04. The van der Waals surface area contributed by atoms with Crippen molar-refractivity contribution in [3.05, 3.63) is 0 Å². The van der Waals surface area contributed by atoms with Gasteiger partial charge in [-0.05, 0) is 0 Å². The first-order valence-corrected chi connectivity index (χ1v) is 7.94. The van der Waals surface area contributed by atoms with Crippen LogP contribution in [-0.2, 0) is 42.9 Å². The van der Waals surface area contributed by atoms with E-state index in [2.05, 4.69) is 15.9 Å². The Labute approximate surface area is 147 Å². The number of hydrogen-bond acceptors (Lipinski definition) is 9. The zero-order chi connectivity index (χ0) is 18.9. The van der Waals surface area contributed by atoms with Gasteiger partial charge in [0.05, 0.1) is 0 Å². The van der Waals surface area contributed by atoms with Crippen LogP contribution in [0.15, 0.2) is 0 Å². The smallest absolute Gasteiger partial charge is 0.303 e. The molecule has 0 amide bonds. The van der Waals surface area contributed by atoms with E-state index in [1.54, 1.807) is 0 Å². The summed E-state index contributed by atoms with van der Waals surface area (Å²) >= 11 is 3.09. The Kier molecular flexibility index (Phi) is 9.86. The number of ether oxygens (including phenoxy) is 4. The first-order chi connectivity index (χ1) is 11.1. The minimum absolute atomic E-state index is 0.00788. The van der Waals surface area contributed by atoms with Gasteiger partial charge in [0.1, 0.15) is 0 Å².